The molecule has 0 bridgehead atoms. The summed E-state index contributed by atoms with van der Waals surface area (Å²) in [5.41, 5.74) is 4.10. The Balaban J connectivity index is 2.36. The van der Waals surface area contributed by atoms with Gasteiger partial charge < -0.3 is 4.74 Å². The van der Waals surface area contributed by atoms with Gasteiger partial charge in [0, 0.05) is 5.56 Å². The summed E-state index contributed by atoms with van der Waals surface area (Å²) in [6.45, 7) is 8.51. The van der Waals surface area contributed by atoms with Crippen molar-refractivity contribution in [2.75, 3.05) is 0 Å². The van der Waals surface area contributed by atoms with Gasteiger partial charge in [0.25, 0.3) is 0 Å². The molecule has 0 aliphatic rings. The van der Waals surface area contributed by atoms with Crippen LogP contribution in [0.1, 0.15) is 23.6 Å². The fourth-order valence-electron chi connectivity index (χ4n) is 1.97. The summed E-state index contributed by atoms with van der Waals surface area (Å²) in [6, 6.07) is 10.1. The third kappa shape index (κ3) is 3.30. The summed E-state index contributed by atoms with van der Waals surface area (Å²) < 4.78 is 7.44. The van der Waals surface area contributed by atoms with Crippen molar-refractivity contribution in [3.05, 3.63) is 62.8 Å². The molecule has 4 heteroatoms. The van der Waals surface area contributed by atoms with E-state index in [0.29, 0.717) is 11.2 Å². The van der Waals surface area contributed by atoms with Gasteiger partial charge in [0.15, 0.2) is 5.75 Å². The van der Waals surface area contributed by atoms with Crippen LogP contribution < -0.4 is 4.74 Å². The van der Waals surface area contributed by atoms with E-state index in [-0.39, 0.29) is 0 Å². The zero-order valence-electron chi connectivity index (χ0n) is 11.4. The lowest BCUT2D eigenvalue weighted by molar-refractivity contribution is 0.301. The fourth-order valence-corrected chi connectivity index (χ4v) is 3.08. The van der Waals surface area contributed by atoms with Crippen LogP contribution in [0, 0.1) is 6.92 Å². The van der Waals surface area contributed by atoms with Gasteiger partial charge in [-0.1, -0.05) is 36.9 Å². The summed E-state index contributed by atoms with van der Waals surface area (Å²) in [7, 11) is 0. The van der Waals surface area contributed by atoms with Gasteiger partial charge in [-0.3, -0.25) is 0 Å². The lowest BCUT2D eigenvalue weighted by atomic mass is 10.0. The highest BCUT2D eigenvalue weighted by Gasteiger charge is 2.16. The quantitative estimate of drug-likeness (QED) is 0.634. The van der Waals surface area contributed by atoms with E-state index in [4.69, 9.17) is 4.74 Å². The number of hydrogen-bond acceptors (Lipinski definition) is 2. The monoisotopic (exact) mass is 395 g/mol. The SMILES string of the molecule is C=C(C)c1c(C)c(Br)nc(Br)c1OCc1ccccc1. The average molecular weight is 397 g/mol. The molecule has 0 fully saturated rings. The predicted molar refractivity (Wildman–Crippen MR) is 89.9 cm³/mol. The number of aromatic nitrogens is 1. The number of allylic oxidation sites excluding steroid dienone is 1. The second-order valence-corrected chi connectivity index (χ2v) is 6.08. The van der Waals surface area contributed by atoms with Crippen molar-refractivity contribution in [3.63, 3.8) is 0 Å². The molecule has 0 radical (unpaired) electrons. The van der Waals surface area contributed by atoms with Gasteiger partial charge in [-0.15, -0.1) is 0 Å². The topological polar surface area (TPSA) is 22.1 Å². The van der Waals surface area contributed by atoms with Crippen molar-refractivity contribution in [3.8, 4) is 5.75 Å². The molecule has 1 aromatic carbocycles. The molecule has 0 atom stereocenters. The van der Waals surface area contributed by atoms with Crippen molar-refractivity contribution in [1.29, 1.82) is 0 Å². The molecule has 20 heavy (non-hydrogen) atoms. The maximum absolute atomic E-state index is 5.96. The van der Waals surface area contributed by atoms with Gasteiger partial charge in [-0.2, -0.15) is 0 Å². The van der Waals surface area contributed by atoms with Crippen LogP contribution in [-0.4, -0.2) is 4.98 Å². The normalized spacial score (nSPS) is 10.4. The Bertz CT molecular complexity index is 639. The lowest BCUT2D eigenvalue weighted by Gasteiger charge is -2.16. The summed E-state index contributed by atoms with van der Waals surface area (Å²) in [6.07, 6.45) is 0. The first kappa shape index (κ1) is 15.3. The van der Waals surface area contributed by atoms with Crippen LogP contribution in [0.25, 0.3) is 5.57 Å². The Morgan fingerprint density at radius 1 is 1.20 bits per heavy atom. The highest BCUT2D eigenvalue weighted by molar-refractivity contribution is 9.11. The van der Waals surface area contributed by atoms with Gasteiger partial charge >= 0.3 is 0 Å². The van der Waals surface area contributed by atoms with Crippen LogP contribution in [0.4, 0.5) is 0 Å². The minimum atomic E-state index is 0.502. The van der Waals surface area contributed by atoms with Crippen molar-refractivity contribution in [2.45, 2.75) is 20.5 Å². The summed E-state index contributed by atoms with van der Waals surface area (Å²) in [5.74, 6) is 0.738. The molecular formula is C16H15Br2NO. The van der Waals surface area contributed by atoms with Crippen LogP contribution in [0.5, 0.6) is 5.75 Å². The number of nitrogens with zero attached hydrogens (tertiary/aromatic N) is 1. The minimum absolute atomic E-state index is 0.502. The Hall–Kier alpha value is -1.13. The van der Waals surface area contributed by atoms with Crippen molar-refractivity contribution in [2.24, 2.45) is 0 Å². The third-order valence-electron chi connectivity index (χ3n) is 2.95. The highest BCUT2D eigenvalue weighted by atomic mass is 79.9. The second-order valence-electron chi connectivity index (χ2n) is 4.58. The maximum atomic E-state index is 5.96. The summed E-state index contributed by atoms with van der Waals surface area (Å²) >= 11 is 6.92. The first-order chi connectivity index (χ1) is 9.50. The summed E-state index contributed by atoms with van der Waals surface area (Å²) in [4.78, 5) is 4.40. The molecule has 2 nitrogen and oxygen atoms in total. The number of hydrogen-bond donors (Lipinski definition) is 0. The number of rotatable bonds is 4. The molecule has 0 saturated heterocycles. The summed E-state index contributed by atoms with van der Waals surface area (Å²) in [5, 5.41) is 0. The van der Waals surface area contributed by atoms with Gasteiger partial charge in [0.05, 0.1) is 0 Å². The van der Waals surface area contributed by atoms with Crippen molar-refractivity contribution in [1.82, 2.24) is 4.98 Å². The van der Waals surface area contributed by atoms with E-state index in [1.165, 1.54) is 0 Å². The molecule has 2 aromatic rings. The zero-order valence-corrected chi connectivity index (χ0v) is 14.6. The molecule has 0 amide bonds. The second kappa shape index (κ2) is 6.55. The van der Waals surface area contributed by atoms with Crippen molar-refractivity contribution < 1.29 is 4.74 Å². The van der Waals surface area contributed by atoms with Crippen LogP contribution in [-0.2, 0) is 6.61 Å². The van der Waals surface area contributed by atoms with E-state index in [0.717, 1.165) is 32.6 Å². The zero-order chi connectivity index (χ0) is 14.7. The lowest BCUT2D eigenvalue weighted by Crippen LogP contribution is -2.02. The standard InChI is InChI=1S/C16H15Br2NO/c1-10(2)13-11(3)15(17)19-16(18)14(13)20-9-12-7-5-4-6-8-12/h4-8H,1,9H2,2-3H3. The molecule has 1 aromatic heterocycles. The van der Waals surface area contributed by atoms with Crippen LogP contribution in [0.3, 0.4) is 0 Å². The first-order valence-corrected chi connectivity index (χ1v) is 7.77. The molecule has 0 saturated carbocycles. The van der Waals surface area contributed by atoms with E-state index < -0.39 is 0 Å². The number of benzene rings is 1. The van der Waals surface area contributed by atoms with Gasteiger partial charge in [-0.05, 0) is 62.4 Å². The average Bonchev–Trinajstić information content (AvgIpc) is 2.42. The van der Waals surface area contributed by atoms with Crippen LogP contribution in [0.2, 0.25) is 0 Å². The van der Waals surface area contributed by atoms with Gasteiger partial charge in [0.2, 0.25) is 0 Å². The Kier molecular flexibility index (Phi) is 5.00. The molecule has 0 unspecified atom stereocenters. The molecule has 104 valence electrons. The molecule has 0 aliphatic carbocycles. The largest absolute Gasteiger partial charge is 0.485 e. The fraction of sp³-hybridized carbons (Fsp3) is 0.188. The molecule has 1 heterocycles. The van der Waals surface area contributed by atoms with Gasteiger partial charge in [-0.25, -0.2) is 4.98 Å². The molecule has 0 aliphatic heterocycles. The number of ether oxygens (including phenoxy) is 1. The Labute approximate surface area is 136 Å². The van der Waals surface area contributed by atoms with E-state index in [1.54, 1.807) is 0 Å². The maximum Gasteiger partial charge on any atom is 0.160 e. The van der Waals surface area contributed by atoms with E-state index in [9.17, 15) is 0 Å². The third-order valence-corrected chi connectivity index (χ3v) is 4.26. The predicted octanol–water partition coefficient (Wildman–Crippen LogP) is 5.53. The Morgan fingerprint density at radius 3 is 2.45 bits per heavy atom. The number of pyridine rings is 1. The van der Waals surface area contributed by atoms with Gasteiger partial charge in [0.1, 0.15) is 15.8 Å². The van der Waals surface area contributed by atoms with E-state index in [1.807, 2.05) is 44.2 Å². The van der Waals surface area contributed by atoms with E-state index in [2.05, 4.69) is 43.4 Å². The smallest absolute Gasteiger partial charge is 0.160 e. The molecular weight excluding hydrogens is 382 g/mol. The minimum Gasteiger partial charge on any atom is -0.485 e. The molecule has 0 N–H and O–H groups in total. The van der Waals surface area contributed by atoms with Crippen LogP contribution >= 0.6 is 31.9 Å². The van der Waals surface area contributed by atoms with Crippen LogP contribution in [0.15, 0.2) is 46.1 Å². The number of halogens is 2. The first-order valence-electron chi connectivity index (χ1n) is 6.19. The highest BCUT2D eigenvalue weighted by Crippen LogP contribution is 2.37. The molecule has 2 rings (SSSR count). The van der Waals surface area contributed by atoms with E-state index >= 15 is 0 Å². The Morgan fingerprint density at radius 2 is 1.85 bits per heavy atom. The van der Waals surface area contributed by atoms with Crippen molar-refractivity contribution >= 4 is 37.4 Å². The molecule has 0 spiro atoms.